The number of ketones is 1. The van der Waals surface area contributed by atoms with Crippen LogP contribution in [0.5, 0.6) is 11.5 Å². The second-order valence-corrected chi connectivity index (χ2v) is 7.31. The number of hydrogen-bond acceptors (Lipinski definition) is 5. The number of phenols is 2. The number of aromatic hydroxyl groups is 2. The van der Waals surface area contributed by atoms with Crippen LogP contribution in [-0.4, -0.2) is 36.3 Å². The molecule has 3 aliphatic rings. The van der Waals surface area contributed by atoms with Crippen molar-refractivity contribution in [2.45, 2.75) is 31.0 Å². The molecule has 0 amide bonds. The first-order valence-corrected chi connectivity index (χ1v) is 9.08. The highest BCUT2D eigenvalue weighted by molar-refractivity contribution is 6.14. The van der Waals surface area contributed by atoms with Crippen LogP contribution in [0.2, 0.25) is 0 Å². The van der Waals surface area contributed by atoms with E-state index in [2.05, 4.69) is 0 Å². The highest BCUT2D eigenvalue weighted by atomic mass is 16.5. The molecule has 0 radical (unpaired) electrons. The average Bonchev–Trinajstić information content (AvgIpc) is 3.00. The van der Waals surface area contributed by atoms with E-state index >= 15 is 0 Å². The van der Waals surface area contributed by atoms with Crippen molar-refractivity contribution in [2.24, 2.45) is 0 Å². The van der Waals surface area contributed by atoms with Gasteiger partial charge in [0.15, 0.2) is 5.78 Å². The zero-order valence-corrected chi connectivity index (χ0v) is 15.2. The van der Waals surface area contributed by atoms with Crippen LogP contribution in [0.25, 0.3) is 11.1 Å². The number of phenolic OH excluding ortho intramolecular Hbond substituents is 2. The van der Waals surface area contributed by atoms with E-state index in [-0.39, 0.29) is 29.3 Å². The summed E-state index contributed by atoms with van der Waals surface area (Å²) in [5, 5.41) is 20.9. The SMILES string of the molecule is COC1c2c(O)cccc2C2=C3CCC(=O)c4c(O)ccc(c43)C2C1OC. The van der Waals surface area contributed by atoms with Crippen molar-refractivity contribution in [3.8, 4) is 11.5 Å². The second kappa shape index (κ2) is 5.68. The maximum atomic E-state index is 12.5. The van der Waals surface area contributed by atoms with E-state index in [1.165, 1.54) is 0 Å². The van der Waals surface area contributed by atoms with Gasteiger partial charge in [-0.15, -0.1) is 0 Å². The van der Waals surface area contributed by atoms with E-state index in [1.54, 1.807) is 26.4 Å². The molecule has 2 aromatic carbocycles. The van der Waals surface area contributed by atoms with Gasteiger partial charge < -0.3 is 19.7 Å². The Labute approximate surface area is 156 Å². The molecule has 0 saturated heterocycles. The standard InChI is InChI=1S/C22H20O5/c1-26-21-18-10(4-3-5-13(18)23)16-11-6-8-14(24)20-15(25)9-7-12(17(11)20)19(16)22(21)27-2/h3-5,7,9,19,21-23,25H,6,8H2,1-2H3. The molecule has 5 rings (SSSR count). The average molecular weight is 364 g/mol. The van der Waals surface area contributed by atoms with Crippen LogP contribution in [0.4, 0.5) is 0 Å². The van der Waals surface area contributed by atoms with Gasteiger partial charge in [-0.3, -0.25) is 4.79 Å². The maximum Gasteiger partial charge on any atom is 0.167 e. The van der Waals surface area contributed by atoms with Crippen LogP contribution in [0.3, 0.4) is 0 Å². The summed E-state index contributed by atoms with van der Waals surface area (Å²) >= 11 is 0. The highest BCUT2D eigenvalue weighted by Gasteiger charge is 2.49. The van der Waals surface area contributed by atoms with Crippen LogP contribution in [-0.2, 0) is 9.47 Å². The number of allylic oxidation sites excluding steroid dienone is 1. The Bertz CT molecular complexity index is 1020. The number of Topliss-reactive ketones (excluding diaryl/α,β-unsaturated/α-hetero) is 1. The van der Waals surface area contributed by atoms with Gasteiger partial charge in [0, 0.05) is 32.1 Å². The Kier molecular flexibility index (Phi) is 3.48. The molecule has 3 unspecified atom stereocenters. The number of methoxy groups -OCH3 is 2. The van der Waals surface area contributed by atoms with E-state index in [9.17, 15) is 15.0 Å². The minimum absolute atomic E-state index is 0.0271. The molecule has 138 valence electrons. The normalized spacial score (nSPS) is 25.3. The zero-order chi connectivity index (χ0) is 18.9. The van der Waals surface area contributed by atoms with Gasteiger partial charge in [0.05, 0.1) is 11.7 Å². The van der Waals surface area contributed by atoms with E-state index in [1.807, 2.05) is 18.2 Å². The van der Waals surface area contributed by atoms with E-state index in [0.717, 1.165) is 33.4 Å². The van der Waals surface area contributed by atoms with Gasteiger partial charge in [0.1, 0.15) is 17.6 Å². The topological polar surface area (TPSA) is 76.0 Å². The molecule has 3 atom stereocenters. The lowest BCUT2D eigenvalue weighted by Gasteiger charge is -2.38. The fraction of sp³-hybridized carbons (Fsp3) is 0.318. The van der Waals surface area contributed by atoms with Crippen LogP contribution in [0.1, 0.15) is 57.5 Å². The monoisotopic (exact) mass is 364 g/mol. The fourth-order valence-electron chi connectivity index (χ4n) is 5.18. The molecule has 2 aromatic rings. The summed E-state index contributed by atoms with van der Waals surface area (Å²) in [5.41, 5.74) is 6.07. The second-order valence-electron chi connectivity index (χ2n) is 7.31. The molecule has 27 heavy (non-hydrogen) atoms. The van der Waals surface area contributed by atoms with E-state index in [0.29, 0.717) is 18.4 Å². The third kappa shape index (κ3) is 1.98. The predicted molar refractivity (Wildman–Crippen MR) is 99.9 cm³/mol. The first kappa shape index (κ1) is 16.5. The molecule has 3 aliphatic carbocycles. The summed E-state index contributed by atoms with van der Waals surface area (Å²) in [7, 11) is 3.26. The Hall–Kier alpha value is -2.63. The maximum absolute atomic E-state index is 12.5. The summed E-state index contributed by atoms with van der Waals surface area (Å²) in [6.07, 6.45) is 0.223. The lowest BCUT2D eigenvalue weighted by molar-refractivity contribution is -0.0468. The van der Waals surface area contributed by atoms with Gasteiger partial charge in [0.2, 0.25) is 0 Å². The summed E-state index contributed by atoms with van der Waals surface area (Å²) in [5.74, 6) is 0.0766. The predicted octanol–water partition coefficient (Wildman–Crippen LogP) is 3.80. The number of carbonyl (C=O) groups excluding carboxylic acids is 1. The van der Waals surface area contributed by atoms with Gasteiger partial charge in [-0.2, -0.15) is 0 Å². The fourth-order valence-corrected chi connectivity index (χ4v) is 5.18. The van der Waals surface area contributed by atoms with Gasteiger partial charge in [-0.1, -0.05) is 18.2 Å². The first-order valence-electron chi connectivity index (χ1n) is 9.08. The van der Waals surface area contributed by atoms with Gasteiger partial charge in [-0.25, -0.2) is 0 Å². The number of hydrogen-bond donors (Lipinski definition) is 2. The number of rotatable bonds is 2. The van der Waals surface area contributed by atoms with Crippen molar-refractivity contribution in [1.29, 1.82) is 0 Å². The summed E-state index contributed by atoms with van der Waals surface area (Å²) < 4.78 is 11.6. The lowest BCUT2D eigenvalue weighted by Crippen LogP contribution is -2.34. The molecule has 0 aliphatic heterocycles. The molecule has 0 fully saturated rings. The summed E-state index contributed by atoms with van der Waals surface area (Å²) in [6.45, 7) is 0. The van der Waals surface area contributed by atoms with Gasteiger partial charge in [0.25, 0.3) is 0 Å². The number of benzene rings is 2. The van der Waals surface area contributed by atoms with Gasteiger partial charge in [-0.05, 0) is 46.4 Å². The van der Waals surface area contributed by atoms with Gasteiger partial charge >= 0.3 is 0 Å². The van der Waals surface area contributed by atoms with Crippen molar-refractivity contribution < 1.29 is 24.5 Å². The molecule has 0 saturated carbocycles. The Morgan fingerprint density at radius 3 is 2.52 bits per heavy atom. The number of ether oxygens (including phenoxy) is 2. The van der Waals surface area contributed by atoms with E-state index in [4.69, 9.17) is 9.47 Å². The van der Waals surface area contributed by atoms with Crippen molar-refractivity contribution in [1.82, 2.24) is 0 Å². The Balaban J connectivity index is 1.89. The molecule has 0 bridgehead atoms. The molecule has 0 spiro atoms. The molecule has 0 aromatic heterocycles. The lowest BCUT2D eigenvalue weighted by atomic mass is 9.74. The highest BCUT2D eigenvalue weighted by Crippen LogP contribution is 2.60. The summed E-state index contributed by atoms with van der Waals surface area (Å²) in [6, 6.07) is 8.96. The molecule has 2 N–H and O–H groups in total. The zero-order valence-electron chi connectivity index (χ0n) is 15.2. The molecule has 0 heterocycles. The quantitative estimate of drug-likeness (QED) is 0.848. The van der Waals surface area contributed by atoms with Crippen molar-refractivity contribution >= 4 is 16.9 Å². The van der Waals surface area contributed by atoms with Crippen molar-refractivity contribution in [2.75, 3.05) is 14.2 Å². The third-order valence-electron chi connectivity index (χ3n) is 6.18. The number of carbonyl (C=O) groups is 1. The summed E-state index contributed by atoms with van der Waals surface area (Å²) in [4.78, 5) is 12.5. The third-order valence-corrected chi connectivity index (χ3v) is 6.18. The molecular formula is C22H20O5. The molecule has 5 heteroatoms. The van der Waals surface area contributed by atoms with Crippen molar-refractivity contribution in [3.63, 3.8) is 0 Å². The van der Waals surface area contributed by atoms with Crippen LogP contribution < -0.4 is 0 Å². The van der Waals surface area contributed by atoms with E-state index < -0.39 is 6.10 Å². The Morgan fingerprint density at radius 2 is 1.78 bits per heavy atom. The minimum Gasteiger partial charge on any atom is -0.508 e. The smallest absolute Gasteiger partial charge is 0.167 e. The number of fused-ring (bicyclic) bond motifs is 4. The largest absolute Gasteiger partial charge is 0.508 e. The van der Waals surface area contributed by atoms with Crippen LogP contribution >= 0.6 is 0 Å². The molecular weight excluding hydrogens is 344 g/mol. The van der Waals surface area contributed by atoms with Crippen LogP contribution in [0.15, 0.2) is 30.3 Å². The Morgan fingerprint density at radius 1 is 0.963 bits per heavy atom. The molecule has 5 nitrogen and oxygen atoms in total. The van der Waals surface area contributed by atoms with Crippen molar-refractivity contribution in [3.05, 3.63) is 58.1 Å². The van der Waals surface area contributed by atoms with Crippen LogP contribution in [0, 0.1) is 0 Å². The minimum atomic E-state index is -0.430. The first-order chi connectivity index (χ1) is 13.1.